The van der Waals surface area contributed by atoms with Crippen LogP contribution in [0.1, 0.15) is 35.3 Å². The number of oxime groups is 1. The van der Waals surface area contributed by atoms with Gasteiger partial charge >= 0.3 is 0 Å². The predicted molar refractivity (Wildman–Crippen MR) is 109 cm³/mol. The molecule has 0 saturated carbocycles. The van der Waals surface area contributed by atoms with Gasteiger partial charge in [0.2, 0.25) is 6.10 Å². The molecule has 0 bridgehead atoms. The first-order valence-electron chi connectivity index (χ1n) is 9.28. The van der Waals surface area contributed by atoms with Crippen LogP contribution in [0.5, 0.6) is 5.75 Å². The lowest BCUT2D eigenvalue weighted by atomic mass is 10.0. The van der Waals surface area contributed by atoms with Gasteiger partial charge in [-0.05, 0) is 56.3 Å². The van der Waals surface area contributed by atoms with Crippen LogP contribution in [0.4, 0.5) is 0 Å². The number of ketones is 1. The van der Waals surface area contributed by atoms with Crippen molar-refractivity contribution in [1.82, 2.24) is 9.88 Å². The average Bonchev–Trinajstić information content (AvgIpc) is 3.19. The number of H-pyrrole nitrogens is 1. The van der Waals surface area contributed by atoms with Crippen molar-refractivity contribution in [3.63, 3.8) is 0 Å². The average molecular weight is 391 g/mol. The molecule has 0 radical (unpaired) electrons. The maximum absolute atomic E-state index is 13.0. The van der Waals surface area contributed by atoms with E-state index in [0.717, 1.165) is 22.0 Å². The first-order chi connectivity index (χ1) is 14.0. The quantitative estimate of drug-likeness (QED) is 0.675. The molecule has 0 fully saturated rings. The molecule has 1 aliphatic rings. The zero-order chi connectivity index (χ0) is 20.5. The summed E-state index contributed by atoms with van der Waals surface area (Å²) < 4.78 is 5.45. The Morgan fingerprint density at radius 1 is 1.24 bits per heavy atom. The summed E-state index contributed by atoms with van der Waals surface area (Å²) in [7, 11) is 1.56. The minimum absolute atomic E-state index is 0.0534. The molecule has 0 aliphatic carbocycles. The smallest absolute Gasteiger partial charge is 0.272 e. The van der Waals surface area contributed by atoms with Gasteiger partial charge in [0.15, 0.2) is 11.6 Å². The molecule has 2 aromatic carbocycles. The van der Waals surface area contributed by atoms with Gasteiger partial charge in [-0.3, -0.25) is 14.5 Å². The molecule has 1 N–H and O–H groups in total. The number of hydrogen-bond donors (Lipinski definition) is 1. The summed E-state index contributed by atoms with van der Waals surface area (Å²) in [6.45, 7) is 3.38. The second-order valence-electron chi connectivity index (χ2n) is 6.95. The van der Waals surface area contributed by atoms with E-state index in [9.17, 15) is 9.59 Å². The molecule has 1 aromatic heterocycles. The third kappa shape index (κ3) is 3.47. The standard InChI is InChI=1S/C22H21N3O4/c1-13(26)15-5-7-20(28-3)18(10-15)12-25-21(24-29-14(2)22(25)27)17-4-6-19-16(11-17)8-9-23-19/h4-11,14,23H,12H2,1-3H3. The molecular weight excluding hydrogens is 370 g/mol. The number of fused-ring (bicyclic) bond motifs is 1. The third-order valence-electron chi connectivity index (χ3n) is 4.99. The van der Waals surface area contributed by atoms with Crippen LogP contribution in [0.3, 0.4) is 0 Å². The van der Waals surface area contributed by atoms with E-state index in [1.54, 1.807) is 37.1 Å². The first kappa shape index (κ1) is 18.7. The van der Waals surface area contributed by atoms with Crippen LogP contribution in [0.2, 0.25) is 0 Å². The van der Waals surface area contributed by atoms with E-state index in [4.69, 9.17) is 9.57 Å². The summed E-state index contributed by atoms with van der Waals surface area (Å²) >= 11 is 0. The summed E-state index contributed by atoms with van der Waals surface area (Å²) in [6, 6.07) is 12.9. The molecule has 1 unspecified atom stereocenters. The Kier molecular flexibility index (Phi) is 4.80. The number of carbonyl (C=O) groups excluding carboxylic acids is 2. The fourth-order valence-electron chi connectivity index (χ4n) is 3.39. The number of nitrogens with zero attached hydrogens (tertiary/aromatic N) is 2. The molecule has 7 heteroatoms. The minimum atomic E-state index is -0.697. The van der Waals surface area contributed by atoms with Crippen LogP contribution < -0.4 is 4.74 Å². The van der Waals surface area contributed by atoms with Crippen LogP contribution >= 0.6 is 0 Å². The van der Waals surface area contributed by atoms with Crippen molar-refractivity contribution in [2.24, 2.45) is 5.16 Å². The maximum Gasteiger partial charge on any atom is 0.272 e. The van der Waals surface area contributed by atoms with Crippen LogP contribution in [0.25, 0.3) is 10.9 Å². The predicted octanol–water partition coefficient (Wildman–Crippen LogP) is 3.49. The van der Waals surface area contributed by atoms with Gasteiger partial charge in [0.05, 0.1) is 13.7 Å². The summed E-state index contributed by atoms with van der Waals surface area (Å²) in [6.07, 6.45) is 1.16. The summed E-state index contributed by atoms with van der Waals surface area (Å²) in [4.78, 5) is 34.8. The topological polar surface area (TPSA) is 84.0 Å². The van der Waals surface area contributed by atoms with Gasteiger partial charge in [-0.1, -0.05) is 5.16 Å². The summed E-state index contributed by atoms with van der Waals surface area (Å²) in [5.74, 6) is 0.760. The van der Waals surface area contributed by atoms with Crippen molar-refractivity contribution in [3.05, 3.63) is 65.4 Å². The van der Waals surface area contributed by atoms with Crippen molar-refractivity contribution < 1.29 is 19.2 Å². The van der Waals surface area contributed by atoms with Crippen LogP contribution in [0.15, 0.2) is 53.8 Å². The molecule has 148 valence electrons. The highest BCUT2D eigenvalue weighted by molar-refractivity contribution is 6.10. The van der Waals surface area contributed by atoms with Crippen LogP contribution in [-0.2, 0) is 16.2 Å². The summed E-state index contributed by atoms with van der Waals surface area (Å²) in [5, 5.41) is 5.22. The number of hydrogen-bond acceptors (Lipinski definition) is 5. The molecule has 1 atom stereocenters. The lowest BCUT2D eigenvalue weighted by molar-refractivity contribution is -0.142. The number of rotatable bonds is 5. The van der Waals surface area contributed by atoms with E-state index in [1.807, 2.05) is 30.5 Å². The molecule has 3 aromatic rings. The zero-order valence-corrected chi connectivity index (χ0v) is 16.4. The number of Topliss-reactive ketones (excluding diaryl/α,β-unsaturated/α-hetero) is 1. The number of amides is 1. The molecule has 2 heterocycles. The van der Waals surface area contributed by atoms with E-state index in [2.05, 4.69) is 10.1 Å². The van der Waals surface area contributed by atoms with Crippen molar-refractivity contribution in [3.8, 4) is 5.75 Å². The monoisotopic (exact) mass is 391 g/mol. The Balaban J connectivity index is 1.76. The van der Waals surface area contributed by atoms with Crippen molar-refractivity contribution in [2.75, 3.05) is 7.11 Å². The number of nitrogens with one attached hydrogen (secondary N) is 1. The molecule has 0 saturated heterocycles. The Morgan fingerprint density at radius 3 is 2.83 bits per heavy atom. The minimum Gasteiger partial charge on any atom is -0.496 e. The zero-order valence-electron chi connectivity index (χ0n) is 16.4. The highest BCUT2D eigenvalue weighted by Gasteiger charge is 2.32. The highest BCUT2D eigenvalue weighted by atomic mass is 16.6. The molecule has 1 aliphatic heterocycles. The van der Waals surface area contributed by atoms with Gasteiger partial charge in [-0.25, -0.2) is 0 Å². The van der Waals surface area contributed by atoms with Gasteiger partial charge in [-0.15, -0.1) is 0 Å². The fraction of sp³-hybridized carbons (Fsp3) is 0.227. The van der Waals surface area contributed by atoms with E-state index in [1.165, 1.54) is 6.92 Å². The van der Waals surface area contributed by atoms with Crippen molar-refractivity contribution >= 4 is 28.4 Å². The lowest BCUT2D eigenvalue weighted by Gasteiger charge is -2.30. The van der Waals surface area contributed by atoms with Gasteiger partial charge in [0, 0.05) is 33.8 Å². The Bertz CT molecular complexity index is 1130. The number of carbonyl (C=O) groups is 2. The van der Waals surface area contributed by atoms with Gasteiger partial charge < -0.3 is 14.6 Å². The van der Waals surface area contributed by atoms with E-state index < -0.39 is 6.10 Å². The second kappa shape index (κ2) is 7.43. The summed E-state index contributed by atoms with van der Waals surface area (Å²) in [5.41, 5.74) is 3.03. The van der Waals surface area contributed by atoms with E-state index >= 15 is 0 Å². The Labute approximate surface area is 167 Å². The van der Waals surface area contributed by atoms with Crippen LogP contribution in [0, 0.1) is 0 Å². The molecule has 0 spiro atoms. The number of benzene rings is 2. The largest absolute Gasteiger partial charge is 0.496 e. The lowest BCUT2D eigenvalue weighted by Crippen LogP contribution is -2.46. The number of amidine groups is 1. The second-order valence-corrected chi connectivity index (χ2v) is 6.95. The van der Waals surface area contributed by atoms with Crippen LogP contribution in [-0.4, -0.2) is 40.6 Å². The molecule has 1 amide bonds. The fourth-order valence-corrected chi connectivity index (χ4v) is 3.39. The Hall–Kier alpha value is -3.61. The van der Waals surface area contributed by atoms with Gasteiger partial charge in [0.25, 0.3) is 5.91 Å². The molecule has 7 nitrogen and oxygen atoms in total. The SMILES string of the molecule is COc1ccc(C(C)=O)cc1CN1C(=O)C(C)ON=C1c1ccc2[nH]ccc2c1. The molecule has 29 heavy (non-hydrogen) atoms. The van der Waals surface area contributed by atoms with Crippen molar-refractivity contribution in [2.45, 2.75) is 26.5 Å². The van der Waals surface area contributed by atoms with E-state index in [0.29, 0.717) is 17.1 Å². The normalized spacial score (nSPS) is 16.5. The third-order valence-corrected chi connectivity index (χ3v) is 4.99. The van der Waals surface area contributed by atoms with Crippen molar-refractivity contribution in [1.29, 1.82) is 0 Å². The Morgan fingerprint density at radius 2 is 2.07 bits per heavy atom. The highest BCUT2D eigenvalue weighted by Crippen LogP contribution is 2.26. The van der Waals surface area contributed by atoms with E-state index in [-0.39, 0.29) is 18.2 Å². The number of methoxy groups -OCH3 is 1. The maximum atomic E-state index is 13.0. The molecule has 4 rings (SSSR count). The van der Waals surface area contributed by atoms with Gasteiger partial charge in [0.1, 0.15) is 5.75 Å². The molecular formula is C22H21N3O4. The number of aromatic nitrogens is 1. The van der Waals surface area contributed by atoms with Gasteiger partial charge in [-0.2, -0.15) is 0 Å². The number of ether oxygens (including phenoxy) is 1. The first-order valence-corrected chi connectivity index (χ1v) is 9.28. The number of aromatic amines is 1.